The minimum atomic E-state index is 0.146. The van der Waals surface area contributed by atoms with Crippen molar-refractivity contribution < 1.29 is 9.15 Å². The summed E-state index contributed by atoms with van der Waals surface area (Å²) in [6.45, 7) is 0.146. The van der Waals surface area contributed by atoms with Gasteiger partial charge in [-0.2, -0.15) is 4.98 Å². The molecule has 2 heterocycles. The van der Waals surface area contributed by atoms with Crippen LogP contribution in [0.3, 0.4) is 0 Å². The van der Waals surface area contributed by atoms with E-state index in [1.165, 1.54) is 6.39 Å². The summed E-state index contributed by atoms with van der Waals surface area (Å²) in [4.78, 5) is 9.20. The molecule has 4 rings (SSSR count). The van der Waals surface area contributed by atoms with Crippen LogP contribution in [0.1, 0.15) is 5.89 Å². The highest BCUT2D eigenvalue weighted by Crippen LogP contribution is 2.29. The molecule has 4 aromatic rings. The fourth-order valence-corrected chi connectivity index (χ4v) is 2.65. The summed E-state index contributed by atoms with van der Waals surface area (Å²) in [7, 11) is 0. The molecule has 0 bridgehead atoms. The summed E-state index contributed by atoms with van der Waals surface area (Å²) in [5.74, 6) is 1.46. The SMILES string of the molecule is Brc1ccc2nc(-c3ccccc3)nc(OCc3nnco3)c2c1. The molecule has 24 heavy (non-hydrogen) atoms. The van der Waals surface area contributed by atoms with Crippen LogP contribution in [-0.2, 0) is 6.61 Å². The molecule has 0 amide bonds. The molecule has 0 fully saturated rings. The number of hydrogen-bond acceptors (Lipinski definition) is 6. The van der Waals surface area contributed by atoms with Crippen LogP contribution < -0.4 is 4.74 Å². The van der Waals surface area contributed by atoms with Crippen molar-refractivity contribution in [3.63, 3.8) is 0 Å². The zero-order valence-electron chi connectivity index (χ0n) is 12.4. The quantitative estimate of drug-likeness (QED) is 0.530. The minimum absolute atomic E-state index is 0.146. The van der Waals surface area contributed by atoms with Gasteiger partial charge in [-0.25, -0.2) is 4.98 Å². The van der Waals surface area contributed by atoms with Crippen molar-refractivity contribution >= 4 is 26.8 Å². The number of rotatable bonds is 4. The van der Waals surface area contributed by atoms with Gasteiger partial charge in [0.05, 0.1) is 10.9 Å². The van der Waals surface area contributed by atoms with Crippen LogP contribution in [0, 0.1) is 0 Å². The van der Waals surface area contributed by atoms with Crippen molar-refractivity contribution in [3.8, 4) is 17.3 Å². The highest BCUT2D eigenvalue weighted by molar-refractivity contribution is 9.10. The van der Waals surface area contributed by atoms with Crippen LogP contribution in [0.25, 0.3) is 22.3 Å². The molecule has 2 aromatic carbocycles. The van der Waals surface area contributed by atoms with Gasteiger partial charge in [-0.3, -0.25) is 0 Å². The first kappa shape index (κ1) is 14.8. The Morgan fingerprint density at radius 3 is 2.71 bits per heavy atom. The zero-order valence-corrected chi connectivity index (χ0v) is 14.0. The van der Waals surface area contributed by atoms with Crippen molar-refractivity contribution in [3.05, 3.63) is 65.3 Å². The van der Waals surface area contributed by atoms with E-state index in [4.69, 9.17) is 9.15 Å². The van der Waals surface area contributed by atoms with Crippen LogP contribution in [0.15, 0.2) is 63.8 Å². The van der Waals surface area contributed by atoms with Crippen molar-refractivity contribution in [1.29, 1.82) is 0 Å². The molecular formula is C17H11BrN4O2. The number of halogens is 1. The molecule has 6 nitrogen and oxygen atoms in total. The number of hydrogen-bond donors (Lipinski definition) is 0. The maximum Gasteiger partial charge on any atom is 0.253 e. The largest absolute Gasteiger partial charge is 0.467 e. The summed E-state index contributed by atoms with van der Waals surface area (Å²) < 4.78 is 11.8. The monoisotopic (exact) mass is 382 g/mol. The van der Waals surface area contributed by atoms with Crippen molar-refractivity contribution in [1.82, 2.24) is 20.2 Å². The highest BCUT2D eigenvalue weighted by Gasteiger charge is 2.12. The van der Waals surface area contributed by atoms with Gasteiger partial charge in [0.1, 0.15) is 0 Å². The van der Waals surface area contributed by atoms with Crippen LogP contribution >= 0.6 is 15.9 Å². The van der Waals surface area contributed by atoms with Crippen molar-refractivity contribution in [2.45, 2.75) is 6.61 Å². The van der Waals surface area contributed by atoms with E-state index in [9.17, 15) is 0 Å². The van der Waals surface area contributed by atoms with Gasteiger partial charge in [0, 0.05) is 10.0 Å². The lowest BCUT2D eigenvalue weighted by Crippen LogP contribution is -2.01. The maximum absolute atomic E-state index is 5.81. The number of fused-ring (bicyclic) bond motifs is 1. The predicted molar refractivity (Wildman–Crippen MR) is 91.3 cm³/mol. The Bertz CT molecular complexity index is 975. The molecule has 0 spiro atoms. The fraction of sp³-hybridized carbons (Fsp3) is 0.0588. The fourth-order valence-electron chi connectivity index (χ4n) is 2.29. The zero-order chi connectivity index (χ0) is 16.4. The first-order valence-corrected chi connectivity index (χ1v) is 7.99. The molecule has 0 unspecified atom stereocenters. The first-order valence-electron chi connectivity index (χ1n) is 7.20. The van der Waals surface area contributed by atoms with E-state index < -0.39 is 0 Å². The molecular weight excluding hydrogens is 372 g/mol. The second-order valence-corrected chi connectivity index (χ2v) is 5.92. The molecule has 0 radical (unpaired) electrons. The molecule has 0 aliphatic carbocycles. The summed E-state index contributed by atoms with van der Waals surface area (Å²) in [5, 5.41) is 8.26. The summed E-state index contributed by atoms with van der Waals surface area (Å²) >= 11 is 3.47. The van der Waals surface area contributed by atoms with E-state index in [1.54, 1.807) is 0 Å². The topological polar surface area (TPSA) is 73.9 Å². The van der Waals surface area contributed by atoms with E-state index in [0.29, 0.717) is 17.6 Å². The molecule has 0 saturated carbocycles. The summed E-state index contributed by atoms with van der Waals surface area (Å²) in [6.07, 6.45) is 1.27. The molecule has 118 valence electrons. The third kappa shape index (κ3) is 2.98. The van der Waals surface area contributed by atoms with Crippen LogP contribution in [0.4, 0.5) is 0 Å². The standard InChI is InChI=1S/C17H11BrN4O2/c18-12-6-7-14-13(8-12)17(23-9-15-22-19-10-24-15)21-16(20-14)11-4-2-1-3-5-11/h1-8,10H,9H2. The average molecular weight is 383 g/mol. The van der Waals surface area contributed by atoms with Gasteiger partial charge in [-0.05, 0) is 18.2 Å². The van der Waals surface area contributed by atoms with E-state index in [-0.39, 0.29) is 6.61 Å². The van der Waals surface area contributed by atoms with Gasteiger partial charge < -0.3 is 9.15 Å². The summed E-state index contributed by atoms with van der Waals surface area (Å²) in [6, 6.07) is 15.6. The van der Waals surface area contributed by atoms with E-state index >= 15 is 0 Å². The van der Waals surface area contributed by atoms with Gasteiger partial charge in [0.25, 0.3) is 5.89 Å². The summed E-state index contributed by atoms with van der Waals surface area (Å²) in [5.41, 5.74) is 1.72. The van der Waals surface area contributed by atoms with E-state index in [0.717, 1.165) is 20.9 Å². The molecule has 2 aromatic heterocycles. The smallest absolute Gasteiger partial charge is 0.253 e. The van der Waals surface area contributed by atoms with Gasteiger partial charge in [-0.15, -0.1) is 10.2 Å². The Kier molecular flexibility index (Phi) is 3.92. The predicted octanol–water partition coefficient (Wildman–Crippen LogP) is 4.02. The lowest BCUT2D eigenvalue weighted by Gasteiger charge is -2.09. The molecule has 0 N–H and O–H groups in total. The van der Waals surface area contributed by atoms with Gasteiger partial charge in [0.2, 0.25) is 12.3 Å². The van der Waals surface area contributed by atoms with Crippen molar-refractivity contribution in [2.24, 2.45) is 0 Å². The Morgan fingerprint density at radius 1 is 1.04 bits per heavy atom. The van der Waals surface area contributed by atoms with Gasteiger partial charge >= 0.3 is 0 Å². The van der Waals surface area contributed by atoms with Gasteiger partial charge in [-0.1, -0.05) is 46.3 Å². The Morgan fingerprint density at radius 2 is 1.92 bits per heavy atom. The van der Waals surface area contributed by atoms with Crippen LogP contribution in [-0.4, -0.2) is 20.2 Å². The van der Waals surface area contributed by atoms with Crippen molar-refractivity contribution in [2.75, 3.05) is 0 Å². The van der Waals surface area contributed by atoms with Gasteiger partial charge in [0.15, 0.2) is 12.4 Å². The second-order valence-electron chi connectivity index (χ2n) is 5.00. The number of aromatic nitrogens is 4. The lowest BCUT2D eigenvalue weighted by molar-refractivity contribution is 0.257. The minimum Gasteiger partial charge on any atom is -0.467 e. The first-order chi connectivity index (χ1) is 11.8. The molecule has 0 aliphatic heterocycles. The normalized spacial score (nSPS) is 10.9. The van der Waals surface area contributed by atoms with Crippen LogP contribution in [0.2, 0.25) is 0 Å². The molecule has 0 aliphatic rings. The highest BCUT2D eigenvalue weighted by atomic mass is 79.9. The molecule has 0 atom stereocenters. The second kappa shape index (κ2) is 6.37. The van der Waals surface area contributed by atoms with Crippen LogP contribution in [0.5, 0.6) is 5.88 Å². The Hall–Kier alpha value is -2.80. The Labute approximate surface area is 145 Å². The number of ether oxygens (including phenoxy) is 1. The maximum atomic E-state index is 5.81. The van der Waals surface area contributed by atoms with E-state index in [2.05, 4.69) is 36.1 Å². The number of benzene rings is 2. The molecule has 7 heteroatoms. The van der Waals surface area contributed by atoms with E-state index in [1.807, 2.05) is 48.5 Å². The average Bonchev–Trinajstić information content (AvgIpc) is 3.14. The lowest BCUT2D eigenvalue weighted by atomic mass is 10.2. The third-order valence-corrected chi connectivity index (χ3v) is 3.89. The number of nitrogens with zero attached hydrogens (tertiary/aromatic N) is 4. The Balaban J connectivity index is 1.80. The third-order valence-electron chi connectivity index (χ3n) is 3.39. The molecule has 0 saturated heterocycles.